The molecule has 1 aliphatic carbocycles. The summed E-state index contributed by atoms with van der Waals surface area (Å²) in [5.41, 5.74) is 6.63. The van der Waals surface area contributed by atoms with Crippen LogP contribution in [0.2, 0.25) is 0 Å². The molecule has 0 unspecified atom stereocenters. The van der Waals surface area contributed by atoms with Gasteiger partial charge < -0.3 is 10.3 Å². The second kappa shape index (κ2) is 4.89. The predicted octanol–water partition coefficient (Wildman–Crippen LogP) is 3.70. The highest BCUT2D eigenvalue weighted by molar-refractivity contribution is 5.72. The van der Waals surface area contributed by atoms with Gasteiger partial charge in [0, 0.05) is 18.0 Å². The number of benzene rings is 1. The summed E-state index contributed by atoms with van der Waals surface area (Å²) in [5, 5.41) is 0. The molecule has 1 saturated carbocycles. The van der Waals surface area contributed by atoms with Crippen molar-refractivity contribution in [3.05, 3.63) is 35.7 Å². The lowest BCUT2D eigenvalue weighted by molar-refractivity contribution is 0.511. The van der Waals surface area contributed by atoms with Gasteiger partial charge in [0.15, 0.2) is 11.6 Å². The third kappa shape index (κ3) is 2.07. The first-order chi connectivity index (χ1) is 9.63. The van der Waals surface area contributed by atoms with Gasteiger partial charge in [-0.1, -0.05) is 13.0 Å². The summed E-state index contributed by atoms with van der Waals surface area (Å²) in [5.74, 6) is -0.450. The highest BCUT2D eigenvalue weighted by Crippen LogP contribution is 2.41. The van der Waals surface area contributed by atoms with Crippen molar-refractivity contribution in [2.75, 3.05) is 5.73 Å². The Morgan fingerprint density at radius 1 is 1.35 bits per heavy atom. The van der Waals surface area contributed by atoms with E-state index >= 15 is 0 Å². The summed E-state index contributed by atoms with van der Waals surface area (Å²) < 4.78 is 29.3. The number of nitrogens with two attached hydrogens (primary N) is 1. The molecular formula is C15H17F2N3. The average Bonchev–Trinajstić information content (AvgIpc) is 3.20. The lowest BCUT2D eigenvalue weighted by Gasteiger charge is -2.07. The summed E-state index contributed by atoms with van der Waals surface area (Å²) in [4.78, 5) is 4.46. The second-order valence-electron chi connectivity index (χ2n) is 5.21. The minimum atomic E-state index is -0.886. The van der Waals surface area contributed by atoms with Crippen molar-refractivity contribution in [2.45, 2.75) is 38.6 Å². The summed E-state index contributed by atoms with van der Waals surface area (Å²) in [6, 6.07) is 4.46. The van der Waals surface area contributed by atoms with Gasteiger partial charge >= 0.3 is 0 Å². The zero-order valence-corrected chi connectivity index (χ0v) is 11.4. The first-order valence-electron chi connectivity index (χ1n) is 6.94. The molecule has 0 amide bonds. The van der Waals surface area contributed by atoms with Crippen LogP contribution < -0.4 is 5.73 Å². The number of nitrogen functional groups attached to an aromatic ring is 1. The molecule has 3 rings (SSSR count). The normalized spacial score (nSPS) is 14.8. The fourth-order valence-corrected chi connectivity index (χ4v) is 2.52. The molecule has 0 atom stereocenters. The molecule has 1 heterocycles. The molecule has 2 aromatic rings. The van der Waals surface area contributed by atoms with Gasteiger partial charge in [0.2, 0.25) is 0 Å². The molecular weight excluding hydrogens is 260 g/mol. The number of rotatable bonds is 4. The van der Waals surface area contributed by atoms with Crippen molar-refractivity contribution < 1.29 is 8.78 Å². The second-order valence-corrected chi connectivity index (χ2v) is 5.21. The molecule has 5 heteroatoms. The van der Waals surface area contributed by atoms with Crippen molar-refractivity contribution in [3.8, 4) is 11.3 Å². The van der Waals surface area contributed by atoms with Gasteiger partial charge in [-0.05, 0) is 31.4 Å². The van der Waals surface area contributed by atoms with E-state index in [1.54, 1.807) is 0 Å². The Bertz CT molecular complexity index is 645. The van der Waals surface area contributed by atoms with Gasteiger partial charge in [-0.25, -0.2) is 13.8 Å². The van der Waals surface area contributed by atoms with E-state index in [1.165, 1.54) is 12.1 Å². The van der Waals surface area contributed by atoms with E-state index < -0.39 is 11.6 Å². The van der Waals surface area contributed by atoms with Crippen molar-refractivity contribution >= 4 is 5.82 Å². The van der Waals surface area contributed by atoms with Crippen LogP contribution in [-0.2, 0) is 6.42 Å². The number of halogens is 2. The molecule has 3 nitrogen and oxygen atoms in total. The Morgan fingerprint density at radius 2 is 2.10 bits per heavy atom. The van der Waals surface area contributed by atoms with Gasteiger partial charge in [-0.2, -0.15) is 0 Å². The molecule has 0 aliphatic heterocycles. The highest BCUT2D eigenvalue weighted by atomic mass is 19.2. The fourth-order valence-electron chi connectivity index (χ4n) is 2.52. The van der Waals surface area contributed by atoms with Crippen LogP contribution in [0.5, 0.6) is 0 Å². The highest BCUT2D eigenvalue weighted by Gasteiger charge is 2.30. The maximum absolute atomic E-state index is 13.9. The van der Waals surface area contributed by atoms with Crippen LogP contribution in [-0.4, -0.2) is 9.55 Å². The van der Waals surface area contributed by atoms with Crippen LogP contribution in [0, 0.1) is 11.6 Å². The summed E-state index contributed by atoms with van der Waals surface area (Å²) in [7, 11) is 0. The Morgan fingerprint density at radius 3 is 2.75 bits per heavy atom. The summed E-state index contributed by atoms with van der Waals surface area (Å²) in [6.07, 6.45) is 3.87. The SMILES string of the molecule is CCCc1nc(-c2cccc(F)c2F)c(N)n1C1CC1. The Kier molecular flexibility index (Phi) is 3.20. The number of aromatic nitrogens is 2. The van der Waals surface area contributed by atoms with Crippen LogP contribution in [0.4, 0.5) is 14.6 Å². The maximum Gasteiger partial charge on any atom is 0.168 e. The topological polar surface area (TPSA) is 43.8 Å². The van der Waals surface area contributed by atoms with E-state index in [4.69, 9.17) is 5.73 Å². The largest absolute Gasteiger partial charge is 0.383 e. The molecule has 2 N–H and O–H groups in total. The zero-order chi connectivity index (χ0) is 14.3. The minimum Gasteiger partial charge on any atom is -0.383 e. The maximum atomic E-state index is 13.9. The van der Waals surface area contributed by atoms with E-state index in [0.29, 0.717) is 17.6 Å². The number of aryl methyl sites for hydroxylation is 1. The van der Waals surface area contributed by atoms with E-state index in [0.717, 1.165) is 37.6 Å². The molecule has 1 aromatic carbocycles. The molecule has 0 radical (unpaired) electrons. The van der Waals surface area contributed by atoms with Crippen molar-refractivity contribution in [3.63, 3.8) is 0 Å². The Labute approximate surface area is 116 Å². The molecule has 1 fully saturated rings. The van der Waals surface area contributed by atoms with Crippen molar-refractivity contribution in [2.24, 2.45) is 0 Å². The first-order valence-corrected chi connectivity index (χ1v) is 6.94. The predicted molar refractivity (Wildman–Crippen MR) is 74.3 cm³/mol. The van der Waals surface area contributed by atoms with Crippen molar-refractivity contribution in [1.82, 2.24) is 9.55 Å². The third-order valence-electron chi connectivity index (χ3n) is 3.61. The fraction of sp³-hybridized carbons (Fsp3) is 0.400. The lowest BCUT2D eigenvalue weighted by Crippen LogP contribution is -2.05. The van der Waals surface area contributed by atoms with Crippen LogP contribution in [0.1, 0.15) is 38.1 Å². The Hall–Kier alpha value is -1.91. The molecule has 0 spiro atoms. The number of imidazole rings is 1. The summed E-state index contributed by atoms with van der Waals surface area (Å²) >= 11 is 0. The van der Waals surface area contributed by atoms with Crippen LogP contribution in [0.25, 0.3) is 11.3 Å². The molecule has 0 saturated heterocycles. The smallest absolute Gasteiger partial charge is 0.168 e. The van der Waals surface area contributed by atoms with Gasteiger partial charge in [-0.3, -0.25) is 0 Å². The zero-order valence-electron chi connectivity index (χ0n) is 11.4. The van der Waals surface area contributed by atoms with Crippen LogP contribution in [0.15, 0.2) is 18.2 Å². The van der Waals surface area contributed by atoms with E-state index in [2.05, 4.69) is 11.9 Å². The molecule has 0 bridgehead atoms. The third-order valence-corrected chi connectivity index (χ3v) is 3.61. The van der Waals surface area contributed by atoms with Crippen LogP contribution >= 0.6 is 0 Å². The van der Waals surface area contributed by atoms with E-state index in [9.17, 15) is 8.78 Å². The van der Waals surface area contributed by atoms with Gasteiger partial charge in [0.1, 0.15) is 17.3 Å². The molecule has 106 valence electrons. The van der Waals surface area contributed by atoms with Gasteiger partial charge in [0.05, 0.1) is 0 Å². The standard InChI is InChI=1S/C15H17F2N3/c1-2-4-12-19-14(15(18)20(12)9-7-8-9)10-5-3-6-11(16)13(10)17/h3,5-6,9H,2,4,7-8,18H2,1H3. The van der Waals surface area contributed by atoms with Gasteiger partial charge in [0.25, 0.3) is 0 Å². The summed E-state index contributed by atoms with van der Waals surface area (Å²) in [6.45, 7) is 2.06. The van der Waals surface area contributed by atoms with E-state index in [-0.39, 0.29) is 5.56 Å². The number of nitrogens with zero attached hydrogens (tertiary/aromatic N) is 2. The quantitative estimate of drug-likeness (QED) is 0.926. The monoisotopic (exact) mass is 277 g/mol. The van der Waals surface area contributed by atoms with E-state index in [1.807, 2.05) is 4.57 Å². The lowest BCUT2D eigenvalue weighted by atomic mass is 10.1. The molecule has 1 aromatic heterocycles. The minimum absolute atomic E-state index is 0.138. The molecule has 20 heavy (non-hydrogen) atoms. The van der Waals surface area contributed by atoms with Gasteiger partial charge in [-0.15, -0.1) is 0 Å². The Balaban J connectivity index is 2.14. The number of anilines is 1. The van der Waals surface area contributed by atoms with Crippen molar-refractivity contribution in [1.29, 1.82) is 0 Å². The number of hydrogen-bond acceptors (Lipinski definition) is 2. The molecule has 1 aliphatic rings. The first kappa shape index (κ1) is 13.1. The number of hydrogen-bond donors (Lipinski definition) is 1. The van der Waals surface area contributed by atoms with Crippen LogP contribution in [0.3, 0.4) is 0 Å². The average molecular weight is 277 g/mol.